The molecular weight excluding hydrogens is 677 g/mol. The Bertz CT molecular complexity index is 2920. The number of allylic oxidation sites excluding steroid dienone is 4. The Hall–Kier alpha value is -6.38. The highest BCUT2D eigenvalue weighted by Gasteiger charge is 2.45. The van der Waals surface area contributed by atoms with Crippen molar-refractivity contribution in [2.45, 2.75) is 44.4 Å². The topological polar surface area (TPSA) is 8.17 Å². The van der Waals surface area contributed by atoms with Gasteiger partial charge in [0.2, 0.25) is 0 Å². The molecule has 56 heavy (non-hydrogen) atoms. The second-order valence-corrected chi connectivity index (χ2v) is 17.0. The second kappa shape index (κ2) is 12.1. The van der Waals surface area contributed by atoms with E-state index in [1.807, 2.05) is 0 Å². The van der Waals surface area contributed by atoms with E-state index in [0.717, 1.165) is 5.69 Å². The molecule has 0 fully saturated rings. The van der Waals surface area contributed by atoms with Gasteiger partial charge in [-0.1, -0.05) is 143 Å². The molecular formula is C54H44N2. The molecule has 270 valence electrons. The molecule has 3 aliphatic carbocycles. The molecule has 8 aromatic rings. The van der Waals surface area contributed by atoms with Crippen LogP contribution in [0, 0.1) is 5.92 Å². The number of hydrogen-bond acceptors (Lipinski definition) is 1. The van der Waals surface area contributed by atoms with Gasteiger partial charge in [-0.05, 0) is 123 Å². The largest absolute Gasteiger partial charge is 0.310 e. The van der Waals surface area contributed by atoms with Crippen LogP contribution >= 0.6 is 0 Å². The predicted octanol–water partition coefficient (Wildman–Crippen LogP) is 14.3. The summed E-state index contributed by atoms with van der Waals surface area (Å²) in [6.07, 6.45) is 9.26. The summed E-state index contributed by atoms with van der Waals surface area (Å²) in [5, 5.41) is 2.53. The Balaban J connectivity index is 1.04. The minimum absolute atomic E-state index is 0.0244. The van der Waals surface area contributed by atoms with Crippen molar-refractivity contribution in [3.63, 3.8) is 0 Å². The lowest BCUT2D eigenvalue weighted by molar-refractivity contribution is 0.394. The van der Waals surface area contributed by atoms with Crippen LogP contribution in [-0.2, 0) is 10.8 Å². The van der Waals surface area contributed by atoms with E-state index in [2.05, 4.69) is 219 Å². The van der Waals surface area contributed by atoms with E-state index in [4.69, 9.17) is 0 Å². The van der Waals surface area contributed by atoms with Gasteiger partial charge < -0.3 is 9.47 Å². The molecule has 2 atom stereocenters. The molecule has 2 nitrogen and oxygen atoms in total. The maximum Gasteiger partial charge on any atom is 0.0541 e. The van der Waals surface area contributed by atoms with Crippen molar-refractivity contribution in [2.75, 3.05) is 4.90 Å². The molecule has 7 aromatic carbocycles. The first kappa shape index (κ1) is 33.0. The second-order valence-electron chi connectivity index (χ2n) is 17.0. The van der Waals surface area contributed by atoms with Crippen molar-refractivity contribution in [1.82, 2.24) is 4.57 Å². The lowest BCUT2D eigenvalue weighted by atomic mass is 9.74. The smallest absolute Gasteiger partial charge is 0.0541 e. The zero-order chi connectivity index (χ0) is 37.8. The summed E-state index contributed by atoms with van der Waals surface area (Å²) in [6, 6.07) is 58.9. The molecule has 0 bridgehead atoms. The third-order valence-corrected chi connectivity index (χ3v) is 13.3. The normalized spacial score (nSPS) is 18.1. The van der Waals surface area contributed by atoms with Crippen molar-refractivity contribution in [1.29, 1.82) is 0 Å². The van der Waals surface area contributed by atoms with Gasteiger partial charge in [0.25, 0.3) is 0 Å². The third kappa shape index (κ3) is 4.75. The Kier molecular flexibility index (Phi) is 7.11. The Morgan fingerprint density at radius 3 is 1.96 bits per heavy atom. The van der Waals surface area contributed by atoms with Crippen LogP contribution in [0.4, 0.5) is 17.1 Å². The van der Waals surface area contributed by atoms with Gasteiger partial charge in [0.15, 0.2) is 0 Å². The number of benzene rings is 7. The van der Waals surface area contributed by atoms with Crippen LogP contribution in [0.5, 0.6) is 0 Å². The molecule has 0 amide bonds. The summed E-state index contributed by atoms with van der Waals surface area (Å²) < 4.78 is 2.38. The van der Waals surface area contributed by atoms with E-state index in [0.29, 0.717) is 11.8 Å². The van der Waals surface area contributed by atoms with Gasteiger partial charge in [-0.15, -0.1) is 0 Å². The first-order valence-corrected chi connectivity index (χ1v) is 20.0. The molecule has 1 aromatic heterocycles. The number of anilines is 3. The fourth-order valence-electron chi connectivity index (χ4n) is 10.4. The summed E-state index contributed by atoms with van der Waals surface area (Å²) in [5.74, 6) is 0.883. The van der Waals surface area contributed by atoms with Crippen molar-refractivity contribution in [3.05, 3.63) is 204 Å². The van der Waals surface area contributed by atoms with Crippen LogP contribution in [0.25, 0.3) is 49.7 Å². The fraction of sp³-hybridized carbons (Fsp3) is 0.148. The Labute approximate surface area is 329 Å². The van der Waals surface area contributed by atoms with Crippen molar-refractivity contribution < 1.29 is 0 Å². The molecule has 1 heterocycles. The average Bonchev–Trinajstić information content (AvgIpc) is 3.78. The Morgan fingerprint density at radius 1 is 0.482 bits per heavy atom. The van der Waals surface area contributed by atoms with Crippen LogP contribution in [0.1, 0.15) is 55.9 Å². The van der Waals surface area contributed by atoms with Crippen LogP contribution < -0.4 is 4.90 Å². The molecule has 0 spiro atoms. The van der Waals surface area contributed by atoms with Gasteiger partial charge in [0, 0.05) is 44.9 Å². The van der Waals surface area contributed by atoms with Gasteiger partial charge >= 0.3 is 0 Å². The molecule has 0 saturated carbocycles. The zero-order valence-corrected chi connectivity index (χ0v) is 32.4. The highest BCUT2D eigenvalue weighted by Crippen LogP contribution is 2.55. The van der Waals surface area contributed by atoms with Crippen molar-refractivity contribution in [2.24, 2.45) is 5.92 Å². The lowest BCUT2D eigenvalue weighted by Gasteiger charge is -2.31. The predicted molar refractivity (Wildman–Crippen MR) is 236 cm³/mol. The van der Waals surface area contributed by atoms with Crippen LogP contribution in [0.3, 0.4) is 0 Å². The van der Waals surface area contributed by atoms with Crippen LogP contribution in [-0.4, -0.2) is 4.57 Å². The van der Waals surface area contributed by atoms with E-state index < -0.39 is 0 Å². The molecule has 0 saturated heterocycles. The molecule has 0 radical (unpaired) electrons. The summed E-state index contributed by atoms with van der Waals surface area (Å²) in [7, 11) is 0. The minimum atomic E-state index is -0.0893. The molecule has 2 heteroatoms. The van der Waals surface area contributed by atoms with E-state index in [9.17, 15) is 0 Å². The zero-order valence-electron chi connectivity index (χ0n) is 32.4. The maximum absolute atomic E-state index is 2.48. The molecule has 11 rings (SSSR count). The summed E-state index contributed by atoms with van der Waals surface area (Å²) in [5.41, 5.74) is 17.9. The Morgan fingerprint density at radius 2 is 1.12 bits per heavy atom. The number of nitrogens with zero attached hydrogens (tertiary/aromatic N) is 2. The van der Waals surface area contributed by atoms with E-state index >= 15 is 0 Å². The van der Waals surface area contributed by atoms with Gasteiger partial charge in [-0.3, -0.25) is 0 Å². The van der Waals surface area contributed by atoms with Crippen molar-refractivity contribution in [3.8, 4) is 27.9 Å². The first-order chi connectivity index (χ1) is 27.3. The lowest BCUT2D eigenvalue weighted by Crippen LogP contribution is -2.24. The van der Waals surface area contributed by atoms with E-state index in [1.54, 1.807) is 0 Å². The number of aromatic nitrogens is 1. The average molecular weight is 721 g/mol. The highest BCUT2D eigenvalue weighted by molar-refractivity contribution is 6.10. The number of fused-ring (bicyclic) bond motifs is 9. The van der Waals surface area contributed by atoms with E-state index in [1.165, 1.54) is 83.4 Å². The van der Waals surface area contributed by atoms with Gasteiger partial charge in [0.05, 0.1) is 11.0 Å². The molecule has 0 aliphatic heterocycles. The fourth-order valence-corrected chi connectivity index (χ4v) is 10.4. The molecule has 3 aliphatic rings. The van der Waals surface area contributed by atoms with Gasteiger partial charge in [-0.2, -0.15) is 0 Å². The highest BCUT2D eigenvalue weighted by atomic mass is 15.1. The number of para-hydroxylation sites is 2. The quantitative estimate of drug-likeness (QED) is 0.172. The van der Waals surface area contributed by atoms with Crippen molar-refractivity contribution >= 4 is 38.9 Å². The van der Waals surface area contributed by atoms with Gasteiger partial charge in [-0.25, -0.2) is 0 Å². The monoisotopic (exact) mass is 720 g/mol. The molecule has 2 unspecified atom stereocenters. The van der Waals surface area contributed by atoms with E-state index in [-0.39, 0.29) is 10.8 Å². The first-order valence-electron chi connectivity index (χ1n) is 20.0. The minimum Gasteiger partial charge on any atom is -0.310 e. The maximum atomic E-state index is 2.48. The van der Waals surface area contributed by atoms with Gasteiger partial charge in [0.1, 0.15) is 0 Å². The number of hydrogen-bond donors (Lipinski definition) is 0. The summed E-state index contributed by atoms with van der Waals surface area (Å²) in [6.45, 7) is 9.59. The summed E-state index contributed by atoms with van der Waals surface area (Å²) in [4.78, 5) is 2.48. The standard InChI is InChI=1S/C54H44N2/c1-53(2)47-19-11-8-16-41(47)43-29-27-39(33-49(43)53)55(40-28-30-44-42-17-9-12-20-48(42)54(3,4)50(44)34-40)38-25-22-35(23-26-38)36-24-31-52-46(32-36)45-18-10-13-21-51(45)56(52)37-14-6-5-7-15-37/h5-34,41,47H,1-4H3. The van der Waals surface area contributed by atoms with Crippen LogP contribution in [0.2, 0.25) is 0 Å². The third-order valence-electron chi connectivity index (χ3n) is 13.3. The SMILES string of the molecule is CC1(C)c2ccccc2-c2ccc(N(c3ccc(-c4ccc5c(c4)c4ccccc4n5-c4ccccc4)cc3)c3ccc4c(c3)C(C)(C)C3C=CC=CC43)cc21. The summed E-state index contributed by atoms with van der Waals surface area (Å²) >= 11 is 0. The number of rotatable bonds is 5. The molecule has 0 N–H and O–H groups in total. The van der Waals surface area contributed by atoms with Crippen LogP contribution in [0.15, 0.2) is 182 Å².